The average molecular weight is 278 g/mol. The molecule has 2 aliphatic heterocycles. The molecule has 2 saturated heterocycles. The Hall–Kier alpha value is -1.13. The number of para-hydroxylation sites is 1. The predicted molar refractivity (Wildman–Crippen MR) is 78.4 cm³/mol. The summed E-state index contributed by atoms with van der Waals surface area (Å²) >= 11 is 0. The largest absolute Gasteiger partial charge is 0.392 e. The first-order chi connectivity index (χ1) is 9.79. The first-order valence-electron chi connectivity index (χ1n) is 7.67. The van der Waals surface area contributed by atoms with Gasteiger partial charge in [0.15, 0.2) is 0 Å². The van der Waals surface area contributed by atoms with Gasteiger partial charge in [0, 0.05) is 24.7 Å². The second-order valence-corrected chi connectivity index (χ2v) is 5.89. The smallest absolute Gasteiger partial charge is 0.146 e. The summed E-state index contributed by atoms with van der Waals surface area (Å²) in [5.74, 6) is -0.212. The number of aliphatic hydroxyl groups excluding tert-OH is 1. The van der Waals surface area contributed by atoms with Crippen molar-refractivity contribution in [1.82, 2.24) is 4.90 Å². The Bertz CT molecular complexity index is 460. The lowest BCUT2D eigenvalue weighted by molar-refractivity contribution is 0.174. The molecule has 1 unspecified atom stereocenters. The van der Waals surface area contributed by atoms with Crippen molar-refractivity contribution < 1.29 is 9.50 Å². The van der Waals surface area contributed by atoms with E-state index in [2.05, 4.69) is 9.80 Å². The number of hydrogen-bond acceptors (Lipinski definition) is 3. The van der Waals surface area contributed by atoms with Crippen LogP contribution >= 0.6 is 0 Å². The second-order valence-electron chi connectivity index (χ2n) is 5.89. The molecule has 3 nitrogen and oxygen atoms in total. The SMILES string of the molecule is OCc1cccc(F)c1N1CCC(N2CCCCC2)C1. The van der Waals surface area contributed by atoms with Gasteiger partial charge < -0.3 is 10.0 Å². The molecule has 1 atom stereocenters. The van der Waals surface area contributed by atoms with Crippen molar-refractivity contribution in [3.8, 4) is 0 Å². The highest BCUT2D eigenvalue weighted by molar-refractivity contribution is 5.55. The van der Waals surface area contributed by atoms with Crippen LogP contribution in [0.15, 0.2) is 18.2 Å². The number of aliphatic hydroxyl groups is 1. The van der Waals surface area contributed by atoms with Crippen LogP contribution in [0.1, 0.15) is 31.2 Å². The van der Waals surface area contributed by atoms with Gasteiger partial charge in [0.05, 0.1) is 12.3 Å². The summed E-state index contributed by atoms with van der Waals surface area (Å²) in [5.41, 5.74) is 1.30. The third-order valence-electron chi connectivity index (χ3n) is 4.63. The van der Waals surface area contributed by atoms with Gasteiger partial charge in [-0.25, -0.2) is 4.39 Å². The van der Waals surface area contributed by atoms with Crippen molar-refractivity contribution >= 4 is 5.69 Å². The lowest BCUT2D eigenvalue weighted by Gasteiger charge is -2.32. The molecule has 2 fully saturated rings. The summed E-state index contributed by atoms with van der Waals surface area (Å²) < 4.78 is 14.1. The van der Waals surface area contributed by atoms with E-state index in [0.717, 1.165) is 19.5 Å². The number of anilines is 1. The van der Waals surface area contributed by atoms with E-state index in [1.54, 1.807) is 6.07 Å². The highest BCUT2D eigenvalue weighted by Crippen LogP contribution is 2.30. The van der Waals surface area contributed by atoms with Crippen LogP contribution < -0.4 is 4.90 Å². The number of hydrogen-bond donors (Lipinski definition) is 1. The minimum Gasteiger partial charge on any atom is -0.392 e. The highest BCUT2D eigenvalue weighted by Gasteiger charge is 2.30. The molecule has 2 aliphatic rings. The van der Waals surface area contributed by atoms with Crippen molar-refractivity contribution in [1.29, 1.82) is 0 Å². The van der Waals surface area contributed by atoms with Crippen molar-refractivity contribution in [3.05, 3.63) is 29.6 Å². The monoisotopic (exact) mass is 278 g/mol. The summed E-state index contributed by atoms with van der Waals surface area (Å²) in [7, 11) is 0. The molecule has 0 aromatic heterocycles. The Morgan fingerprint density at radius 1 is 1.15 bits per heavy atom. The minimum atomic E-state index is -0.212. The number of benzene rings is 1. The van der Waals surface area contributed by atoms with E-state index in [1.165, 1.54) is 38.4 Å². The minimum absolute atomic E-state index is 0.0992. The molecule has 3 rings (SSSR count). The molecule has 0 amide bonds. The molecule has 0 saturated carbocycles. The molecular formula is C16H23FN2O. The van der Waals surface area contributed by atoms with E-state index in [0.29, 0.717) is 17.3 Å². The maximum absolute atomic E-state index is 14.1. The van der Waals surface area contributed by atoms with Gasteiger partial charge >= 0.3 is 0 Å². The number of likely N-dealkylation sites (tertiary alicyclic amines) is 1. The molecule has 110 valence electrons. The van der Waals surface area contributed by atoms with Crippen LogP contribution in [0.4, 0.5) is 10.1 Å². The number of halogens is 1. The summed E-state index contributed by atoms with van der Waals surface area (Å²) in [4.78, 5) is 4.67. The van der Waals surface area contributed by atoms with Gasteiger partial charge in [0.2, 0.25) is 0 Å². The third kappa shape index (κ3) is 2.67. The average Bonchev–Trinajstić information content (AvgIpc) is 2.97. The van der Waals surface area contributed by atoms with Crippen LogP contribution in [0, 0.1) is 5.82 Å². The van der Waals surface area contributed by atoms with Crippen molar-refractivity contribution in [2.24, 2.45) is 0 Å². The molecule has 0 aliphatic carbocycles. The van der Waals surface area contributed by atoms with E-state index in [-0.39, 0.29) is 12.4 Å². The lowest BCUT2D eigenvalue weighted by atomic mass is 10.1. The van der Waals surface area contributed by atoms with Gasteiger partial charge in [-0.15, -0.1) is 0 Å². The quantitative estimate of drug-likeness (QED) is 0.919. The van der Waals surface area contributed by atoms with Crippen LogP contribution in [-0.2, 0) is 6.61 Å². The Morgan fingerprint density at radius 3 is 2.70 bits per heavy atom. The zero-order valence-electron chi connectivity index (χ0n) is 11.9. The fraction of sp³-hybridized carbons (Fsp3) is 0.625. The maximum atomic E-state index is 14.1. The van der Waals surface area contributed by atoms with E-state index in [4.69, 9.17) is 0 Å². The predicted octanol–water partition coefficient (Wildman–Crippen LogP) is 2.38. The van der Waals surface area contributed by atoms with Gasteiger partial charge in [-0.05, 0) is 38.4 Å². The number of piperidine rings is 1. The molecule has 20 heavy (non-hydrogen) atoms. The lowest BCUT2D eigenvalue weighted by Crippen LogP contribution is -2.41. The Labute approximate surface area is 120 Å². The topological polar surface area (TPSA) is 26.7 Å². The van der Waals surface area contributed by atoms with Gasteiger partial charge in [0.1, 0.15) is 5.82 Å². The molecule has 4 heteroatoms. The molecule has 2 heterocycles. The first kappa shape index (κ1) is 13.8. The molecule has 1 aromatic carbocycles. The molecule has 1 N–H and O–H groups in total. The Kier molecular flexibility index (Phi) is 4.22. The summed E-state index contributed by atoms with van der Waals surface area (Å²) in [5, 5.41) is 9.41. The Balaban J connectivity index is 1.73. The van der Waals surface area contributed by atoms with Gasteiger partial charge in [-0.3, -0.25) is 4.90 Å². The van der Waals surface area contributed by atoms with E-state index in [1.807, 2.05) is 6.07 Å². The van der Waals surface area contributed by atoms with E-state index < -0.39 is 0 Å². The van der Waals surface area contributed by atoms with Crippen LogP contribution in [0.3, 0.4) is 0 Å². The van der Waals surface area contributed by atoms with Crippen molar-refractivity contribution in [2.45, 2.75) is 38.3 Å². The molecule has 0 bridgehead atoms. The summed E-state index contributed by atoms with van der Waals surface area (Å²) in [6.45, 7) is 4.03. The third-order valence-corrected chi connectivity index (χ3v) is 4.63. The fourth-order valence-electron chi connectivity index (χ4n) is 3.57. The van der Waals surface area contributed by atoms with Crippen molar-refractivity contribution in [2.75, 3.05) is 31.1 Å². The zero-order chi connectivity index (χ0) is 13.9. The van der Waals surface area contributed by atoms with E-state index >= 15 is 0 Å². The van der Waals surface area contributed by atoms with Gasteiger partial charge in [-0.1, -0.05) is 18.6 Å². The Morgan fingerprint density at radius 2 is 1.95 bits per heavy atom. The fourth-order valence-corrected chi connectivity index (χ4v) is 3.57. The maximum Gasteiger partial charge on any atom is 0.146 e. The molecule has 1 aromatic rings. The first-order valence-corrected chi connectivity index (χ1v) is 7.67. The summed E-state index contributed by atoms with van der Waals surface area (Å²) in [6.07, 6.45) is 5.02. The number of nitrogens with zero attached hydrogens (tertiary/aromatic N) is 2. The molecule has 0 radical (unpaired) electrons. The zero-order valence-corrected chi connectivity index (χ0v) is 11.9. The highest BCUT2D eigenvalue weighted by atomic mass is 19.1. The standard InChI is InChI=1S/C16H23FN2O/c17-15-6-4-5-13(12-20)16(15)19-10-7-14(11-19)18-8-2-1-3-9-18/h4-6,14,20H,1-3,7-12H2. The van der Waals surface area contributed by atoms with Gasteiger partial charge in [-0.2, -0.15) is 0 Å². The van der Waals surface area contributed by atoms with Crippen LogP contribution in [-0.4, -0.2) is 42.2 Å². The van der Waals surface area contributed by atoms with Crippen LogP contribution in [0.25, 0.3) is 0 Å². The second kappa shape index (κ2) is 6.10. The normalized spacial score (nSPS) is 24.3. The van der Waals surface area contributed by atoms with Crippen molar-refractivity contribution in [3.63, 3.8) is 0 Å². The molecular weight excluding hydrogens is 255 g/mol. The van der Waals surface area contributed by atoms with Crippen LogP contribution in [0.2, 0.25) is 0 Å². The van der Waals surface area contributed by atoms with Crippen LogP contribution in [0.5, 0.6) is 0 Å². The molecule has 0 spiro atoms. The van der Waals surface area contributed by atoms with E-state index in [9.17, 15) is 9.50 Å². The van der Waals surface area contributed by atoms with Gasteiger partial charge in [0.25, 0.3) is 0 Å². The number of rotatable bonds is 3. The summed E-state index contributed by atoms with van der Waals surface area (Å²) in [6, 6.07) is 5.51.